The van der Waals surface area contributed by atoms with Gasteiger partial charge in [-0.2, -0.15) is 0 Å². The second-order valence-corrected chi connectivity index (χ2v) is 8.62. The van der Waals surface area contributed by atoms with Gasteiger partial charge < -0.3 is 29.0 Å². The lowest BCUT2D eigenvalue weighted by atomic mass is 10.1. The number of nitrogens with zero attached hydrogens (tertiary/aromatic N) is 2. The summed E-state index contributed by atoms with van der Waals surface area (Å²) >= 11 is 0. The van der Waals surface area contributed by atoms with E-state index in [4.69, 9.17) is 18.7 Å². The van der Waals surface area contributed by atoms with Gasteiger partial charge in [0.15, 0.2) is 23.0 Å². The fourth-order valence-corrected chi connectivity index (χ4v) is 4.27. The van der Waals surface area contributed by atoms with Gasteiger partial charge >= 0.3 is 0 Å². The van der Waals surface area contributed by atoms with Crippen molar-refractivity contribution in [1.82, 2.24) is 15.4 Å². The first-order valence-corrected chi connectivity index (χ1v) is 11.4. The zero-order valence-corrected chi connectivity index (χ0v) is 19.4. The van der Waals surface area contributed by atoms with Gasteiger partial charge in [0.1, 0.15) is 0 Å². The number of rotatable bonds is 10. The number of carbonyl (C=O) groups is 2. The smallest absolute Gasteiger partial charge is 0.273 e. The van der Waals surface area contributed by atoms with E-state index in [-0.39, 0.29) is 30.1 Å². The van der Waals surface area contributed by atoms with Crippen molar-refractivity contribution in [3.8, 4) is 17.2 Å². The lowest BCUT2D eigenvalue weighted by Crippen LogP contribution is -2.38. The van der Waals surface area contributed by atoms with Crippen LogP contribution in [-0.2, 0) is 6.54 Å². The fourth-order valence-electron chi connectivity index (χ4n) is 4.27. The molecule has 9 heteroatoms. The molecule has 178 valence electrons. The van der Waals surface area contributed by atoms with Crippen molar-refractivity contribution in [2.45, 2.75) is 51.1 Å². The second-order valence-electron chi connectivity index (χ2n) is 8.62. The molecular formula is C24H31N3O6. The van der Waals surface area contributed by atoms with E-state index >= 15 is 0 Å². The first-order chi connectivity index (χ1) is 16.0. The summed E-state index contributed by atoms with van der Waals surface area (Å²) in [5.41, 5.74) is 0.663. The van der Waals surface area contributed by atoms with Gasteiger partial charge in [0.25, 0.3) is 11.8 Å². The molecule has 1 heterocycles. The van der Waals surface area contributed by atoms with Crippen molar-refractivity contribution in [2.75, 3.05) is 27.9 Å². The minimum Gasteiger partial charge on any atom is -0.493 e. The van der Waals surface area contributed by atoms with Crippen LogP contribution in [0.3, 0.4) is 0 Å². The molecule has 2 aliphatic carbocycles. The molecule has 1 aromatic carbocycles. The Labute approximate surface area is 193 Å². The van der Waals surface area contributed by atoms with Crippen LogP contribution in [0.4, 0.5) is 0 Å². The third-order valence-corrected chi connectivity index (χ3v) is 6.30. The van der Waals surface area contributed by atoms with Crippen molar-refractivity contribution >= 4 is 11.8 Å². The lowest BCUT2D eigenvalue weighted by Gasteiger charge is -2.28. The Morgan fingerprint density at radius 2 is 1.70 bits per heavy atom. The number of carbonyl (C=O) groups excluding carboxylic acids is 2. The largest absolute Gasteiger partial charge is 0.493 e. The molecular weight excluding hydrogens is 426 g/mol. The first kappa shape index (κ1) is 22.9. The molecule has 2 fully saturated rings. The maximum absolute atomic E-state index is 13.6. The summed E-state index contributed by atoms with van der Waals surface area (Å²) in [6, 6.07) is 5.01. The van der Waals surface area contributed by atoms with Gasteiger partial charge in [0.2, 0.25) is 5.75 Å². The second kappa shape index (κ2) is 10.1. The molecule has 0 radical (unpaired) electrons. The van der Waals surface area contributed by atoms with E-state index in [0.29, 0.717) is 41.0 Å². The van der Waals surface area contributed by atoms with Crippen LogP contribution in [0.2, 0.25) is 0 Å². The topological polar surface area (TPSA) is 103 Å². The summed E-state index contributed by atoms with van der Waals surface area (Å²) in [5.74, 6) is 1.90. The molecule has 2 saturated carbocycles. The molecule has 2 aromatic rings. The van der Waals surface area contributed by atoms with Gasteiger partial charge in [-0.05, 0) is 43.7 Å². The lowest BCUT2D eigenvalue weighted by molar-refractivity contribution is 0.0642. The highest BCUT2D eigenvalue weighted by Crippen LogP contribution is 2.39. The van der Waals surface area contributed by atoms with Crippen LogP contribution < -0.4 is 19.5 Å². The molecule has 0 bridgehead atoms. The predicted molar refractivity (Wildman–Crippen MR) is 120 cm³/mol. The zero-order chi connectivity index (χ0) is 23.4. The SMILES string of the molecule is COc1cc(C(=O)N(Cc2cc(C(=O)NCC3CC3)no2)C2CCCC2)cc(OC)c1OC. The Hall–Kier alpha value is -3.23. The Balaban J connectivity index is 1.55. The van der Waals surface area contributed by atoms with Gasteiger partial charge in [-0.1, -0.05) is 18.0 Å². The summed E-state index contributed by atoms with van der Waals surface area (Å²) < 4.78 is 21.6. The predicted octanol–water partition coefficient (Wildman–Crippen LogP) is 3.43. The summed E-state index contributed by atoms with van der Waals surface area (Å²) in [6.07, 6.45) is 6.27. The number of amides is 2. The third kappa shape index (κ3) is 5.23. The molecule has 0 unspecified atom stereocenters. The minimum absolute atomic E-state index is 0.0776. The summed E-state index contributed by atoms with van der Waals surface area (Å²) in [5, 5.41) is 6.81. The summed E-state index contributed by atoms with van der Waals surface area (Å²) in [7, 11) is 4.56. The van der Waals surface area contributed by atoms with Crippen LogP contribution >= 0.6 is 0 Å². The van der Waals surface area contributed by atoms with Gasteiger partial charge in [0.05, 0.1) is 27.9 Å². The van der Waals surface area contributed by atoms with Gasteiger partial charge in [-0.15, -0.1) is 0 Å². The quantitative estimate of drug-likeness (QED) is 0.583. The molecule has 9 nitrogen and oxygen atoms in total. The molecule has 1 N–H and O–H groups in total. The highest BCUT2D eigenvalue weighted by molar-refractivity contribution is 5.96. The number of nitrogens with one attached hydrogen (secondary N) is 1. The molecule has 1 aromatic heterocycles. The average Bonchev–Trinajstić information content (AvgIpc) is 3.29. The minimum atomic E-state index is -0.250. The van der Waals surface area contributed by atoms with Gasteiger partial charge in [0, 0.05) is 24.2 Å². The number of ether oxygens (including phenoxy) is 3. The Morgan fingerprint density at radius 3 is 2.27 bits per heavy atom. The highest BCUT2D eigenvalue weighted by Gasteiger charge is 2.30. The average molecular weight is 458 g/mol. The van der Waals surface area contributed by atoms with Gasteiger partial charge in [-0.25, -0.2) is 0 Å². The number of aromatic nitrogens is 1. The van der Waals surface area contributed by atoms with E-state index in [2.05, 4.69) is 10.5 Å². The van der Waals surface area contributed by atoms with Crippen LogP contribution in [0.15, 0.2) is 22.7 Å². The Kier molecular flexibility index (Phi) is 7.05. The molecule has 0 saturated heterocycles. The van der Waals surface area contributed by atoms with E-state index in [1.54, 1.807) is 23.1 Å². The van der Waals surface area contributed by atoms with Gasteiger partial charge in [-0.3, -0.25) is 9.59 Å². The standard InChI is InChI=1S/C24H31N3O6/c1-30-20-10-16(11-21(31-2)22(20)32-3)24(29)27(17-6-4-5-7-17)14-18-12-19(26-33-18)23(28)25-13-15-8-9-15/h10-12,15,17H,4-9,13-14H2,1-3H3,(H,25,28). The van der Waals surface area contributed by atoms with Crippen LogP contribution in [0, 0.1) is 5.92 Å². The van der Waals surface area contributed by atoms with E-state index < -0.39 is 0 Å². The van der Waals surface area contributed by atoms with E-state index in [1.807, 2.05) is 0 Å². The third-order valence-electron chi connectivity index (χ3n) is 6.30. The Morgan fingerprint density at radius 1 is 1.03 bits per heavy atom. The summed E-state index contributed by atoms with van der Waals surface area (Å²) in [4.78, 5) is 27.8. The molecule has 2 amide bonds. The number of hydrogen-bond donors (Lipinski definition) is 1. The fraction of sp³-hybridized carbons (Fsp3) is 0.542. The normalized spacial score (nSPS) is 15.8. The maximum atomic E-state index is 13.6. The van der Waals surface area contributed by atoms with Crippen LogP contribution in [0.1, 0.15) is 65.1 Å². The van der Waals surface area contributed by atoms with Crippen LogP contribution in [-0.4, -0.2) is 55.8 Å². The molecule has 2 aliphatic rings. The highest BCUT2D eigenvalue weighted by atomic mass is 16.5. The molecule has 0 spiro atoms. The van der Waals surface area contributed by atoms with E-state index in [0.717, 1.165) is 38.5 Å². The van der Waals surface area contributed by atoms with Crippen molar-refractivity contribution in [2.24, 2.45) is 5.92 Å². The first-order valence-electron chi connectivity index (χ1n) is 11.4. The van der Waals surface area contributed by atoms with Crippen molar-refractivity contribution in [3.05, 3.63) is 35.2 Å². The Bertz CT molecular complexity index is 969. The number of benzene rings is 1. The van der Waals surface area contributed by atoms with Crippen LogP contribution in [0.5, 0.6) is 17.2 Å². The molecule has 4 rings (SSSR count). The monoisotopic (exact) mass is 457 g/mol. The maximum Gasteiger partial charge on any atom is 0.273 e. The van der Waals surface area contributed by atoms with E-state index in [9.17, 15) is 9.59 Å². The number of hydrogen-bond acceptors (Lipinski definition) is 7. The van der Waals surface area contributed by atoms with Crippen molar-refractivity contribution in [3.63, 3.8) is 0 Å². The van der Waals surface area contributed by atoms with Crippen molar-refractivity contribution in [1.29, 1.82) is 0 Å². The number of methoxy groups -OCH3 is 3. The summed E-state index contributed by atoms with van der Waals surface area (Å²) in [6.45, 7) is 0.887. The zero-order valence-electron chi connectivity index (χ0n) is 19.4. The molecule has 0 atom stereocenters. The molecule has 0 aliphatic heterocycles. The van der Waals surface area contributed by atoms with E-state index in [1.165, 1.54) is 21.3 Å². The molecule has 33 heavy (non-hydrogen) atoms. The van der Waals surface area contributed by atoms with Crippen LogP contribution in [0.25, 0.3) is 0 Å². The van der Waals surface area contributed by atoms with Crippen molar-refractivity contribution < 1.29 is 28.3 Å².